The van der Waals surface area contributed by atoms with Crippen molar-refractivity contribution in [2.45, 2.75) is 51.7 Å². The van der Waals surface area contributed by atoms with Crippen molar-refractivity contribution < 1.29 is 4.74 Å². The van der Waals surface area contributed by atoms with Gasteiger partial charge in [0.05, 0.1) is 0 Å². The third-order valence-electron chi connectivity index (χ3n) is 4.68. The maximum Gasteiger partial charge on any atom is 0.122 e. The van der Waals surface area contributed by atoms with Crippen molar-refractivity contribution in [3.05, 3.63) is 29.3 Å². The molecule has 4 atom stereocenters. The summed E-state index contributed by atoms with van der Waals surface area (Å²) in [5, 5.41) is 0. The Morgan fingerprint density at radius 2 is 2.11 bits per heavy atom. The highest BCUT2D eigenvalue weighted by molar-refractivity contribution is 5.37. The first-order valence-corrected chi connectivity index (χ1v) is 7.16. The molecule has 2 fully saturated rings. The average Bonchev–Trinajstić information content (AvgIpc) is 2.93. The molecular weight excluding hydrogens is 222 g/mol. The summed E-state index contributed by atoms with van der Waals surface area (Å²) in [5.41, 5.74) is 8.31. The molecule has 0 aliphatic heterocycles. The third kappa shape index (κ3) is 2.14. The Balaban J connectivity index is 1.73. The molecule has 0 heterocycles. The van der Waals surface area contributed by atoms with E-state index >= 15 is 0 Å². The normalized spacial score (nSPS) is 31.6. The molecule has 2 saturated carbocycles. The minimum absolute atomic E-state index is 0.0974. The van der Waals surface area contributed by atoms with Crippen LogP contribution in [0.3, 0.4) is 0 Å². The fourth-order valence-corrected chi connectivity index (χ4v) is 3.58. The van der Waals surface area contributed by atoms with Gasteiger partial charge in [-0.2, -0.15) is 0 Å². The van der Waals surface area contributed by atoms with Crippen molar-refractivity contribution in [2.24, 2.45) is 17.6 Å². The predicted molar refractivity (Wildman–Crippen MR) is 73.6 cm³/mol. The van der Waals surface area contributed by atoms with Crippen LogP contribution in [0.25, 0.3) is 0 Å². The van der Waals surface area contributed by atoms with Crippen LogP contribution in [-0.4, -0.2) is 6.10 Å². The predicted octanol–water partition coefficient (Wildman–Crippen LogP) is 3.58. The van der Waals surface area contributed by atoms with E-state index in [-0.39, 0.29) is 6.04 Å². The lowest BCUT2D eigenvalue weighted by atomic mass is 9.97. The quantitative estimate of drug-likeness (QED) is 0.883. The van der Waals surface area contributed by atoms with Crippen molar-refractivity contribution in [1.82, 2.24) is 0 Å². The minimum Gasteiger partial charge on any atom is -0.490 e. The summed E-state index contributed by atoms with van der Waals surface area (Å²) in [7, 11) is 0. The molecule has 1 aromatic rings. The Morgan fingerprint density at radius 3 is 2.67 bits per heavy atom. The Hall–Kier alpha value is -1.02. The van der Waals surface area contributed by atoms with Gasteiger partial charge in [0.1, 0.15) is 11.9 Å². The van der Waals surface area contributed by atoms with E-state index in [4.69, 9.17) is 10.5 Å². The zero-order valence-corrected chi connectivity index (χ0v) is 11.4. The summed E-state index contributed by atoms with van der Waals surface area (Å²) < 4.78 is 6.23. The van der Waals surface area contributed by atoms with E-state index in [1.807, 2.05) is 6.92 Å². The average molecular weight is 245 g/mol. The Bertz CT molecular complexity index is 441. The molecular formula is C16H23NO. The van der Waals surface area contributed by atoms with E-state index in [0.29, 0.717) is 6.10 Å². The SMILES string of the molecule is Cc1cc(C(C)N)ccc1OC1CC2CCC1C2. The summed E-state index contributed by atoms with van der Waals surface area (Å²) in [5.74, 6) is 2.79. The fraction of sp³-hybridized carbons (Fsp3) is 0.625. The van der Waals surface area contributed by atoms with Gasteiger partial charge in [0, 0.05) is 6.04 Å². The lowest BCUT2D eigenvalue weighted by Crippen LogP contribution is -2.23. The maximum absolute atomic E-state index is 6.23. The highest BCUT2D eigenvalue weighted by Crippen LogP contribution is 2.46. The van der Waals surface area contributed by atoms with E-state index in [0.717, 1.165) is 17.6 Å². The van der Waals surface area contributed by atoms with Gasteiger partial charge in [-0.05, 0) is 68.6 Å². The minimum atomic E-state index is 0.0974. The molecule has 2 heteroatoms. The zero-order chi connectivity index (χ0) is 12.7. The monoisotopic (exact) mass is 245 g/mol. The molecule has 2 N–H and O–H groups in total. The standard InChI is InChI=1S/C16H23NO/c1-10-7-13(11(2)17)5-6-15(10)18-16-9-12-3-4-14(16)8-12/h5-7,11-12,14,16H,3-4,8-9,17H2,1-2H3. The van der Waals surface area contributed by atoms with Crippen LogP contribution in [0.15, 0.2) is 18.2 Å². The molecule has 0 aromatic heterocycles. The summed E-state index contributed by atoms with van der Waals surface area (Å²) in [4.78, 5) is 0. The van der Waals surface area contributed by atoms with Gasteiger partial charge in [0.25, 0.3) is 0 Å². The lowest BCUT2D eigenvalue weighted by Gasteiger charge is -2.24. The lowest BCUT2D eigenvalue weighted by molar-refractivity contribution is 0.137. The van der Waals surface area contributed by atoms with E-state index in [1.54, 1.807) is 0 Å². The highest BCUT2D eigenvalue weighted by atomic mass is 16.5. The number of nitrogens with two attached hydrogens (primary N) is 1. The molecule has 2 aliphatic rings. The fourth-order valence-electron chi connectivity index (χ4n) is 3.58. The van der Waals surface area contributed by atoms with Crippen molar-refractivity contribution in [3.8, 4) is 5.75 Å². The molecule has 2 nitrogen and oxygen atoms in total. The van der Waals surface area contributed by atoms with E-state index in [9.17, 15) is 0 Å². The third-order valence-corrected chi connectivity index (χ3v) is 4.68. The van der Waals surface area contributed by atoms with Crippen LogP contribution in [0.5, 0.6) is 5.75 Å². The topological polar surface area (TPSA) is 35.2 Å². The molecule has 0 spiro atoms. The number of aryl methyl sites for hydroxylation is 1. The van der Waals surface area contributed by atoms with Gasteiger partial charge in [-0.15, -0.1) is 0 Å². The second kappa shape index (κ2) is 4.58. The van der Waals surface area contributed by atoms with Crippen LogP contribution in [0.4, 0.5) is 0 Å². The first kappa shape index (κ1) is 12.0. The van der Waals surface area contributed by atoms with Crippen LogP contribution in [0.1, 0.15) is 49.8 Å². The molecule has 0 saturated heterocycles. The van der Waals surface area contributed by atoms with Crippen molar-refractivity contribution in [1.29, 1.82) is 0 Å². The van der Waals surface area contributed by atoms with Crippen molar-refractivity contribution in [2.75, 3.05) is 0 Å². The van der Waals surface area contributed by atoms with Gasteiger partial charge in [0.15, 0.2) is 0 Å². The van der Waals surface area contributed by atoms with Crippen LogP contribution >= 0.6 is 0 Å². The second-order valence-electron chi connectivity index (χ2n) is 6.14. The summed E-state index contributed by atoms with van der Waals surface area (Å²) in [6, 6.07) is 6.45. The van der Waals surface area contributed by atoms with Gasteiger partial charge in [-0.1, -0.05) is 12.1 Å². The first-order chi connectivity index (χ1) is 8.63. The number of hydrogen-bond acceptors (Lipinski definition) is 2. The van der Waals surface area contributed by atoms with E-state index in [1.165, 1.54) is 36.8 Å². The molecule has 3 rings (SSSR count). The van der Waals surface area contributed by atoms with Gasteiger partial charge in [-0.3, -0.25) is 0 Å². The summed E-state index contributed by atoms with van der Waals surface area (Å²) >= 11 is 0. The summed E-state index contributed by atoms with van der Waals surface area (Å²) in [6.45, 7) is 4.14. The summed E-state index contributed by atoms with van der Waals surface area (Å²) in [6.07, 6.45) is 5.91. The molecule has 1 aromatic carbocycles. The van der Waals surface area contributed by atoms with Gasteiger partial charge in [0.2, 0.25) is 0 Å². The molecule has 0 radical (unpaired) electrons. The second-order valence-corrected chi connectivity index (χ2v) is 6.14. The van der Waals surface area contributed by atoms with Gasteiger partial charge >= 0.3 is 0 Å². The van der Waals surface area contributed by atoms with Crippen LogP contribution in [0.2, 0.25) is 0 Å². The molecule has 4 unspecified atom stereocenters. The van der Waals surface area contributed by atoms with Crippen LogP contribution in [0, 0.1) is 18.8 Å². The number of hydrogen-bond donors (Lipinski definition) is 1. The molecule has 2 bridgehead atoms. The van der Waals surface area contributed by atoms with E-state index < -0.39 is 0 Å². The van der Waals surface area contributed by atoms with Crippen molar-refractivity contribution in [3.63, 3.8) is 0 Å². The van der Waals surface area contributed by atoms with Gasteiger partial charge in [-0.25, -0.2) is 0 Å². The van der Waals surface area contributed by atoms with Crippen molar-refractivity contribution >= 4 is 0 Å². The first-order valence-electron chi connectivity index (χ1n) is 7.16. The molecule has 18 heavy (non-hydrogen) atoms. The van der Waals surface area contributed by atoms with Crippen LogP contribution in [-0.2, 0) is 0 Å². The smallest absolute Gasteiger partial charge is 0.122 e. The number of fused-ring (bicyclic) bond motifs is 2. The number of rotatable bonds is 3. The molecule has 0 amide bonds. The molecule has 2 aliphatic carbocycles. The van der Waals surface area contributed by atoms with E-state index in [2.05, 4.69) is 25.1 Å². The number of benzene rings is 1. The Kier molecular flexibility index (Phi) is 3.06. The van der Waals surface area contributed by atoms with Crippen LogP contribution < -0.4 is 10.5 Å². The molecule has 98 valence electrons. The maximum atomic E-state index is 6.23. The van der Waals surface area contributed by atoms with Gasteiger partial charge < -0.3 is 10.5 Å². The Morgan fingerprint density at radius 1 is 1.28 bits per heavy atom. The zero-order valence-electron chi connectivity index (χ0n) is 11.4. The largest absolute Gasteiger partial charge is 0.490 e. The number of ether oxygens (including phenoxy) is 1. The highest BCUT2D eigenvalue weighted by Gasteiger charge is 2.41. The Labute approximate surface area is 110 Å².